The summed E-state index contributed by atoms with van der Waals surface area (Å²) in [6, 6.07) is 7.17. The van der Waals surface area contributed by atoms with Crippen LogP contribution in [0.1, 0.15) is 37.8 Å². The van der Waals surface area contributed by atoms with Gasteiger partial charge < -0.3 is 10.1 Å². The van der Waals surface area contributed by atoms with Gasteiger partial charge in [0.2, 0.25) is 0 Å². The normalized spacial score (nSPS) is 24.3. The van der Waals surface area contributed by atoms with Crippen LogP contribution in [0.5, 0.6) is 0 Å². The van der Waals surface area contributed by atoms with Crippen LogP contribution in [0.3, 0.4) is 0 Å². The Bertz CT molecular complexity index is 400. The SMILES string of the molecule is Cc1ccc(NC2CCOC(C(C)C)C2)cc1C. The molecule has 0 bridgehead atoms. The largest absolute Gasteiger partial charge is 0.382 e. The highest BCUT2D eigenvalue weighted by Gasteiger charge is 2.24. The van der Waals surface area contributed by atoms with Crippen LogP contribution >= 0.6 is 0 Å². The van der Waals surface area contributed by atoms with E-state index >= 15 is 0 Å². The fraction of sp³-hybridized carbons (Fsp3) is 0.625. The van der Waals surface area contributed by atoms with Crippen molar-refractivity contribution >= 4 is 5.69 Å². The molecule has 1 aliphatic heterocycles. The average Bonchev–Trinajstić information content (AvgIpc) is 2.34. The summed E-state index contributed by atoms with van der Waals surface area (Å²) >= 11 is 0. The number of rotatable bonds is 3. The molecule has 0 spiro atoms. The highest BCUT2D eigenvalue weighted by molar-refractivity contribution is 5.48. The molecule has 2 unspecified atom stereocenters. The molecule has 2 nitrogen and oxygen atoms in total. The van der Waals surface area contributed by atoms with Gasteiger partial charge in [-0.15, -0.1) is 0 Å². The third-order valence-corrected chi connectivity index (χ3v) is 3.94. The van der Waals surface area contributed by atoms with Crippen LogP contribution < -0.4 is 5.32 Å². The van der Waals surface area contributed by atoms with Crippen molar-refractivity contribution in [3.05, 3.63) is 29.3 Å². The second kappa shape index (κ2) is 5.75. The number of ether oxygens (including phenoxy) is 1. The molecule has 1 saturated heterocycles. The number of nitrogens with one attached hydrogen (secondary N) is 1. The molecular weight excluding hydrogens is 222 g/mol. The lowest BCUT2D eigenvalue weighted by molar-refractivity contribution is -0.0160. The van der Waals surface area contributed by atoms with Crippen LogP contribution in [0, 0.1) is 19.8 Å². The van der Waals surface area contributed by atoms with Crippen LogP contribution in [-0.4, -0.2) is 18.8 Å². The van der Waals surface area contributed by atoms with E-state index < -0.39 is 0 Å². The Kier molecular flexibility index (Phi) is 4.28. The summed E-state index contributed by atoms with van der Waals surface area (Å²) in [5, 5.41) is 3.65. The number of hydrogen-bond donors (Lipinski definition) is 1. The number of aryl methyl sites for hydroxylation is 2. The van der Waals surface area contributed by atoms with Crippen molar-refractivity contribution < 1.29 is 4.74 Å². The van der Waals surface area contributed by atoms with E-state index in [1.807, 2.05) is 0 Å². The van der Waals surface area contributed by atoms with E-state index in [9.17, 15) is 0 Å². The zero-order valence-corrected chi connectivity index (χ0v) is 12.0. The van der Waals surface area contributed by atoms with Crippen LogP contribution in [0.25, 0.3) is 0 Å². The summed E-state index contributed by atoms with van der Waals surface area (Å²) in [4.78, 5) is 0. The van der Waals surface area contributed by atoms with Gasteiger partial charge in [0.25, 0.3) is 0 Å². The average molecular weight is 247 g/mol. The van der Waals surface area contributed by atoms with Gasteiger partial charge >= 0.3 is 0 Å². The molecule has 1 heterocycles. The van der Waals surface area contributed by atoms with Crippen molar-refractivity contribution in [3.8, 4) is 0 Å². The first-order valence-corrected chi connectivity index (χ1v) is 7.01. The summed E-state index contributed by atoms with van der Waals surface area (Å²) < 4.78 is 5.81. The zero-order valence-electron chi connectivity index (χ0n) is 12.0. The molecule has 1 fully saturated rings. The minimum atomic E-state index is 0.405. The van der Waals surface area contributed by atoms with Gasteiger partial charge in [-0.05, 0) is 55.9 Å². The van der Waals surface area contributed by atoms with Crippen molar-refractivity contribution in [1.29, 1.82) is 0 Å². The van der Waals surface area contributed by atoms with Crippen LogP contribution in [0.2, 0.25) is 0 Å². The second-order valence-corrected chi connectivity index (χ2v) is 5.82. The van der Waals surface area contributed by atoms with E-state index in [1.54, 1.807) is 0 Å². The summed E-state index contributed by atoms with van der Waals surface area (Å²) in [7, 11) is 0. The third-order valence-electron chi connectivity index (χ3n) is 3.94. The monoisotopic (exact) mass is 247 g/mol. The number of hydrogen-bond acceptors (Lipinski definition) is 2. The van der Waals surface area contributed by atoms with Gasteiger partial charge in [-0.3, -0.25) is 0 Å². The minimum Gasteiger partial charge on any atom is -0.382 e. The molecule has 0 saturated carbocycles. The molecule has 1 aliphatic rings. The molecule has 2 rings (SSSR count). The van der Waals surface area contributed by atoms with Crippen molar-refractivity contribution in [2.45, 2.75) is 52.7 Å². The van der Waals surface area contributed by atoms with Gasteiger partial charge in [-0.2, -0.15) is 0 Å². The Morgan fingerprint density at radius 2 is 2.00 bits per heavy atom. The fourth-order valence-electron chi connectivity index (χ4n) is 2.49. The molecule has 1 aromatic carbocycles. The van der Waals surface area contributed by atoms with Gasteiger partial charge in [0.05, 0.1) is 6.10 Å². The number of anilines is 1. The Morgan fingerprint density at radius 3 is 2.67 bits per heavy atom. The Labute approximate surface area is 111 Å². The minimum absolute atomic E-state index is 0.405. The highest BCUT2D eigenvalue weighted by Crippen LogP contribution is 2.24. The van der Waals surface area contributed by atoms with Crippen LogP contribution in [-0.2, 0) is 4.74 Å². The molecule has 2 heteroatoms. The van der Waals surface area contributed by atoms with Crippen molar-refractivity contribution in [2.24, 2.45) is 5.92 Å². The van der Waals surface area contributed by atoms with Crippen molar-refractivity contribution in [3.63, 3.8) is 0 Å². The zero-order chi connectivity index (χ0) is 13.1. The predicted octanol–water partition coefficient (Wildman–Crippen LogP) is 3.92. The highest BCUT2D eigenvalue weighted by atomic mass is 16.5. The first-order valence-electron chi connectivity index (χ1n) is 7.01. The summed E-state index contributed by atoms with van der Waals surface area (Å²) in [6.07, 6.45) is 2.63. The van der Waals surface area contributed by atoms with E-state index in [0.29, 0.717) is 18.1 Å². The Morgan fingerprint density at radius 1 is 1.22 bits per heavy atom. The van der Waals surface area contributed by atoms with E-state index in [0.717, 1.165) is 19.4 Å². The molecule has 0 aromatic heterocycles. The van der Waals surface area contributed by atoms with Crippen LogP contribution in [0.4, 0.5) is 5.69 Å². The van der Waals surface area contributed by atoms with Gasteiger partial charge in [-0.1, -0.05) is 19.9 Å². The van der Waals surface area contributed by atoms with E-state index in [4.69, 9.17) is 4.74 Å². The first kappa shape index (κ1) is 13.4. The third kappa shape index (κ3) is 3.26. The smallest absolute Gasteiger partial charge is 0.0617 e. The Hall–Kier alpha value is -1.02. The first-order chi connectivity index (χ1) is 8.56. The van der Waals surface area contributed by atoms with Crippen molar-refractivity contribution in [1.82, 2.24) is 0 Å². The van der Waals surface area contributed by atoms with Gasteiger partial charge in [0.1, 0.15) is 0 Å². The maximum Gasteiger partial charge on any atom is 0.0617 e. The maximum atomic E-state index is 5.81. The molecule has 1 aromatic rings. The van der Waals surface area contributed by atoms with E-state index in [-0.39, 0.29) is 0 Å². The van der Waals surface area contributed by atoms with Gasteiger partial charge in [0, 0.05) is 18.3 Å². The molecule has 2 atom stereocenters. The van der Waals surface area contributed by atoms with E-state index in [1.165, 1.54) is 16.8 Å². The summed E-state index contributed by atoms with van der Waals surface area (Å²) in [5.74, 6) is 0.606. The summed E-state index contributed by atoms with van der Waals surface area (Å²) in [6.45, 7) is 9.68. The predicted molar refractivity (Wildman–Crippen MR) is 77.1 cm³/mol. The lowest BCUT2D eigenvalue weighted by Crippen LogP contribution is -2.36. The van der Waals surface area contributed by atoms with Crippen molar-refractivity contribution in [2.75, 3.05) is 11.9 Å². The molecule has 0 amide bonds. The number of benzene rings is 1. The van der Waals surface area contributed by atoms with E-state index in [2.05, 4.69) is 51.2 Å². The van der Waals surface area contributed by atoms with Gasteiger partial charge in [0.15, 0.2) is 0 Å². The quantitative estimate of drug-likeness (QED) is 0.874. The Balaban J connectivity index is 1.98. The molecule has 100 valence electrons. The lowest BCUT2D eigenvalue weighted by Gasteiger charge is -2.33. The van der Waals surface area contributed by atoms with Gasteiger partial charge in [-0.25, -0.2) is 0 Å². The maximum absolute atomic E-state index is 5.81. The molecule has 18 heavy (non-hydrogen) atoms. The van der Waals surface area contributed by atoms with Crippen LogP contribution in [0.15, 0.2) is 18.2 Å². The standard InChI is InChI=1S/C16H25NO/c1-11(2)16-10-15(7-8-18-16)17-14-6-5-12(3)13(4)9-14/h5-6,9,11,15-17H,7-8,10H2,1-4H3. The molecular formula is C16H25NO. The lowest BCUT2D eigenvalue weighted by atomic mass is 9.95. The summed E-state index contributed by atoms with van der Waals surface area (Å²) in [5.41, 5.74) is 3.95. The topological polar surface area (TPSA) is 21.3 Å². The molecule has 0 aliphatic carbocycles. The second-order valence-electron chi connectivity index (χ2n) is 5.82. The fourth-order valence-corrected chi connectivity index (χ4v) is 2.49. The molecule has 1 N–H and O–H groups in total. The molecule has 0 radical (unpaired) electrons.